The second-order valence-electron chi connectivity index (χ2n) is 9.74. The van der Waals surface area contributed by atoms with Gasteiger partial charge in [0.15, 0.2) is 17.8 Å². The minimum absolute atomic E-state index is 0.0461. The van der Waals surface area contributed by atoms with Crippen molar-refractivity contribution >= 4 is 52.1 Å². The summed E-state index contributed by atoms with van der Waals surface area (Å²) in [5.74, 6) is -0.807. The van der Waals surface area contributed by atoms with Crippen LogP contribution in [0.1, 0.15) is 59.4 Å². The molecule has 3 aromatic rings. The number of ketones is 1. The number of carbonyl (C=O) groups is 4. The fourth-order valence-electron chi connectivity index (χ4n) is 5.33. The van der Waals surface area contributed by atoms with Crippen LogP contribution in [0, 0.1) is 0 Å². The molecule has 2 aliphatic rings. The fraction of sp³-hybridized carbons (Fsp3) is 0.357. The second-order valence-corrected chi connectivity index (χ2v) is 10.1. The molecular weight excluding hydrogens is 494 g/mol. The molecule has 37 heavy (non-hydrogen) atoms. The predicted molar refractivity (Wildman–Crippen MR) is 140 cm³/mol. The van der Waals surface area contributed by atoms with Crippen LogP contribution in [0.25, 0.3) is 11.0 Å². The first-order valence-corrected chi connectivity index (χ1v) is 12.9. The molecule has 2 N–H and O–H groups in total. The van der Waals surface area contributed by atoms with Gasteiger partial charge in [-0.1, -0.05) is 55.1 Å². The van der Waals surface area contributed by atoms with Gasteiger partial charge in [0.2, 0.25) is 5.91 Å². The van der Waals surface area contributed by atoms with E-state index in [1.54, 1.807) is 35.2 Å². The Morgan fingerprint density at radius 1 is 1.08 bits per heavy atom. The van der Waals surface area contributed by atoms with Gasteiger partial charge >= 0.3 is 0 Å². The third-order valence-corrected chi connectivity index (χ3v) is 7.69. The van der Waals surface area contributed by atoms with Crippen LogP contribution in [0.3, 0.4) is 0 Å². The van der Waals surface area contributed by atoms with Gasteiger partial charge in [-0.05, 0) is 43.5 Å². The van der Waals surface area contributed by atoms with Crippen molar-refractivity contribution in [3.63, 3.8) is 0 Å². The Labute approximate surface area is 219 Å². The SMILES string of the molecule is O=Cc1c(Cl)cccc1N1CCC(NC(=O)C2(NC(=O)c3cc4ccccc4o3)CCCCC2)C(=O)C1. The maximum atomic E-state index is 13.6. The molecule has 1 aromatic heterocycles. The number of anilines is 1. The lowest BCUT2D eigenvalue weighted by Gasteiger charge is -2.39. The predicted octanol–water partition coefficient (Wildman–Crippen LogP) is 4.30. The van der Waals surface area contributed by atoms with Crippen LogP contribution < -0.4 is 15.5 Å². The van der Waals surface area contributed by atoms with Gasteiger partial charge in [0.25, 0.3) is 5.91 Å². The molecule has 2 heterocycles. The highest BCUT2D eigenvalue weighted by molar-refractivity contribution is 6.33. The quantitative estimate of drug-likeness (QED) is 0.468. The summed E-state index contributed by atoms with van der Waals surface area (Å²) < 4.78 is 5.71. The third kappa shape index (κ3) is 4.98. The van der Waals surface area contributed by atoms with E-state index in [-0.39, 0.29) is 24.0 Å². The zero-order chi connectivity index (χ0) is 26.0. The zero-order valence-electron chi connectivity index (χ0n) is 20.3. The number of nitrogens with one attached hydrogen (secondary N) is 2. The molecule has 2 aromatic carbocycles. The van der Waals surface area contributed by atoms with Crippen molar-refractivity contribution in [3.8, 4) is 0 Å². The summed E-state index contributed by atoms with van der Waals surface area (Å²) in [7, 11) is 0. The molecule has 9 heteroatoms. The number of halogens is 1. The molecule has 0 radical (unpaired) electrons. The topological polar surface area (TPSA) is 109 Å². The van der Waals surface area contributed by atoms with E-state index in [4.69, 9.17) is 16.0 Å². The summed E-state index contributed by atoms with van der Waals surface area (Å²) >= 11 is 6.15. The number of hydrogen-bond acceptors (Lipinski definition) is 6. The van der Waals surface area contributed by atoms with Crippen molar-refractivity contribution < 1.29 is 23.6 Å². The smallest absolute Gasteiger partial charge is 0.287 e. The van der Waals surface area contributed by atoms with E-state index in [9.17, 15) is 19.2 Å². The highest BCUT2D eigenvalue weighted by Gasteiger charge is 2.43. The van der Waals surface area contributed by atoms with Gasteiger partial charge in [-0.2, -0.15) is 0 Å². The third-order valence-electron chi connectivity index (χ3n) is 7.36. The fourth-order valence-corrected chi connectivity index (χ4v) is 5.55. The minimum Gasteiger partial charge on any atom is -0.451 e. The first-order valence-electron chi connectivity index (χ1n) is 12.5. The summed E-state index contributed by atoms with van der Waals surface area (Å²) in [6.45, 7) is 0.515. The van der Waals surface area contributed by atoms with Crippen molar-refractivity contribution in [3.05, 3.63) is 64.9 Å². The Hall–Kier alpha value is -3.65. The molecule has 1 atom stereocenters. The van der Waals surface area contributed by atoms with Crippen LogP contribution in [0.2, 0.25) is 5.02 Å². The number of amides is 2. The van der Waals surface area contributed by atoms with Gasteiger partial charge in [0.1, 0.15) is 11.1 Å². The van der Waals surface area contributed by atoms with Crippen LogP contribution in [0.5, 0.6) is 0 Å². The van der Waals surface area contributed by atoms with E-state index in [2.05, 4.69) is 10.6 Å². The number of nitrogens with zero attached hydrogens (tertiary/aromatic N) is 1. The van der Waals surface area contributed by atoms with E-state index in [0.29, 0.717) is 53.9 Å². The largest absolute Gasteiger partial charge is 0.451 e. The molecule has 8 nitrogen and oxygen atoms in total. The molecule has 0 spiro atoms. The summed E-state index contributed by atoms with van der Waals surface area (Å²) in [4.78, 5) is 53.1. The van der Waals surface area contributed by atoms with E-state index >= 15 is 0 Å². The molecule has 1 saturated carbocycles. The number of rotatable bonds is 6. The molecule has 2 amide bonds. The number of aldehydes is 1. The lowest BCUT2D eigenvalue weighted by molar-refractivity contribution is -0.133. The Kier molecular flexibility index (Phi) is 7.02. The van der Waals surface area contributed by atoms with Gasteiger partial charge in [0.05, 0.1) is 23.2 Å². The number of piperidine rings is 1. The van der Waals surface area contributed by atoms with Gasteiger partial charge in [-0.15, -0.1) is 0 Å². The highest BCUT2D eigenvalue weighted by Crippen LogP contribution is 2.31. The summed E-state index contributed by atoms with van der Waals surface area (Å²) in [6, 6.07) is 13.5. The number of fused-ring (bicyclic) bond motifs is 1. The summed E-state index contributed by atoms with van der Waals surface area (Å²) in [6.07, 6.45) is 4.61. The van der Waals surface area contributed by atoms with E-state index in [1.165, 1.54) is 0 Å². The Morgan fingerprint density at radius 2 is 1.86 bits per heavy atom. The average molecular weight is 522 g/mol. The Balaban J connectivity index is 1.29. The molecule has 2 fully saturated rings. The Morgan fingerprint density at radius 3 is 2.59 bits per heavy atom. The highest BCUT2D eigenvalue weighted by atomic mass is 35.5. The van der Waals surface area contributed by atoms with Crippen molar-refractivity contribution in [1.82, 2.24) is 10.6 Å². The number of furan rings is 1. The zero-order valence-corrected chi connectivity index (χ0v) is 21.1. The summed E-state index contributed by atoms with van der Waals surface area (Å²) in [5, 5.41) is 7.01. The van der Waals surface area contributed by atoms with Crippen molar-refractivity contribution in [2.75, 3.05) is 18.0 Å². The number of carbonyl (C=O) groups excluding carboxylic acids is 4. The first-order chi connectivity index (χ1) is 17.9. The van der Waals surface area contributed by atoms with Crippen LogP contribution >= 0.6 is 11.6 Å². The van der Waals surface area contributed by atoms with Crippen molar-refractivity contribution in [2.45, 2.75) is 50.1 Å². The molecule has 1 saturated heterocycles. The van der Waals surface area contributed by atoms with Gasteiger partial charge in [-0.25, -0.2) is 0 Å². The number of Topliss-reactive ketones (excluding diaryl/α,β-unsaturated/α-hetero) is 1. The van der Waals surface area contributed by atoms with Crippen LogP contribution in [0.4, 0.5) is 5.69 Å². The molecule has 5 rings (SSSR count). The molecule has 1 aliphatic carbocycles. The van der Waals surface area contributed by atoms with E-state index in [0.717, 1.165) is 24.6 Å². The first kappa shape index (κ1) is 25.0. The lowest BCUT2D eigenvalue weighted by Crippen LogP contribution is -2.63. The molecular formula is C28H28ClN3O5. The number of hydrogen-bond donors (Lipinski definition) is 2. The van der Waals surface area contributed by atoms with Gasteiger partial charge in [0, 0.05) is 17.6 Å². The molecule has 0 bridgehead atoms. The second kappa shape index (κ2) is 10.4. The Bertz CT molecular complexity index is 1330. The standard InChI is InChI=1S/C28H28ClN3O5/c29-20-8-6-9-22(19(20)17-33)32-14-11-21(23(34)16-32)30-27(36)28(12-4-1-5-13-28)31-26(35)25-15-18-7-2-3-10-24(18)37-25/h2-3,6-10,15,17,21H,1,4-5,11-14,16H2,(H,30,36)(H,31,35). The number of para-hydroxylation sites is 1. The maximum absolute atomic E-state index is 13.6. The molecule has 192 valence electrons. The van der Waals surface area contributed by atoms with Crippen molar-refractivity contribution in [1.29, 1.82) is 0 Å². The lowest BCUT2D eigenvalue weighted by atomic mass is 9.80. The van der Waals surface area contributed by atoms with Crippen molar-refractivity contribution in [2.24, 2.45) is 0 Å². The maximum Gasteiger partial charge on any atom is 0.287 e. The molecule has 1 unspecified atom stereocenters. The van der Waals surface area contributed by atoms with Crippen LogP contribution in [-0.4, -0.2) is 48.6 Å². The molecule has 1 aliphatic heterocycles. The van der Waals surface area contributed by atoms with Crippen LogP contribution in [-0.2, 0) is 9.59 Å². The number of benzene rings is 2. The summed E-state index contributed by atoms with van der Waals surface area (Å²) in [5.41, 5.74) is 0.435. The average Bonchev–Trinajstić information content (AvgIpc) is 3.35. The van der Waals surface area contributed by atoms with Gasteiger partial charge in [-0.3, -0.25) is 19.2 Å². The van der Waals surface area contributed by atoms with E-state index in [1.807, 2.05) is 18.2 Å². The monoisotopic (exact) mass is 521 g/mol. The minimum atomic E-state index is -1.11. The van der Waals surface area contributed by atoms with E-state index < -0.39 is 17.5 Å². The van der Waals surface area contributed by atoms with Gasteiger partial charge < -0.3 is 20.0 Å². The normalized spacial score (nSPS) is 19.4. The van der Waals surface area contributed by atoms with Crippen LogP contribution in [0.15, 0.2) is 52.9 Å².